The van der Waals surface area contributed by atoms with Gasteiger partial charge in [-0.25, -0.2) is 0 Å². The summed E-state index contributed by atoms with van der Waals surface area (Å²) in [6, 6.07) is 3.20. The quantitative estimate of drug-likeness (QED) is 0.573. The first-order valence-corrected chi connectivity index (χ1v) is 6.43. The summed E-state index contributed by atoms with van der Waals surface area (Å²) in [4.78, 5) is 14.5. The van der Waals surface area contributed by atoms with E-state index in [1.54, 1.807) is 12.1 Å². The average molecular weight is 247 g/mol. The first-order chi connectivity index (χ1) is 8.71. The molecule has 0 unspecified atom stereocenters. The van der Waals surface area contributed by atoms with Crippen molar-refractivity contribution in [1.29, 1.82) is 0 Å². The first kappa shape index (κ1) is 11.5. The van der Waals surface area contributed by atoms with E-state index in [4.69, 9.17) is 0 Å². The highest BCUT2D eigenvalue weighted by Gasteiger charge is 2.46. The Labute approximate surface area is 106 Å². The number of nitrogens with zero attached hydrogens (tertiary/aromatic N) is 2. The molecule has 0 bridgehead atoms. The Morgan fingerprint density at radius 2 is 2.11 bits per heavy atom. The largest absolute Gasteiger partial charge is 0.619 e. The Bertz CT molecular complexity index is 454. The molecule has 96 valence electrons. The summed E-state index contributed by atoms with van der Waals surface area (Å²) < 4.78 is 0.702. The van der Waals surface area contributed by atoms with Crippen LogP contribution in [-0.4, -0.2) is 36.0 Å². The fraction of sp³-hybridized carbons (Fsp3) is 0.538. The molecule has 1 saturated carbocycles. The molecular weight excluding hydrogens is 230 g/mol. The van der Waals surface area contributed by atoms with Gasteiger partial charge in [-0.15, -0.1) is 0 Å². The number of amides is 1. The third kappa shape index (κ3) is 1.75. The molecule has 1 saturated heterocycles. The number of nitrogens with one attached hydrogen (secondary N) is 1. The molecule has 1 amide bonds. The van der Waals surface area contributed by atoms with Crippen LogP contribution in [0.15, 0.2) is 24.5 Å². The lowest BCUT2D eigenvalue weighted by Gasteiger charge is -2.53. The molecule has 5 heteroatoms. The maximum Gasteiger partial charge on any atom is 0.254 e. The van der Waals surface area contributed by atoms with Gasteiger partial charge in [0.25, 0.3) is 5.91 Å². The number of hydrogen-bond donors (Lipinski definition) is 1. The lowest BCUT2D eigenvalue weighted by Crippen LogP contribution is -2.66. The minimum atomic E-state index is 0.0264. The smallest absolute Gasteiger partial charge is 0.254 e. The molecule has 1 aliphatic carbocycles. The van der Waals surface area contributed by atoms with Gasteiger partial charge >= 0.3 is 0 Å². The standard InChI is InChI=1S/C13H17N3O2/c17-12(11-2-7-15(18)8-3-11)16-9-6-14-10-13(16)4-1-5-13/h2-3,7-8,14H,1,4-6,9-10H2. The topological polar surface area (TPSA) is 59.3 Å². The summed E-state index contributed by atoms with van der Waals surface area (Å²) in [5, 5.41) is 14.4. The molecule has 1 aromatic heterocycles. The van der Waals surface area contributed by atoms with Crippen molar-refractivity contribution in [1.82, 2.24) is 10.2 Å². The lowest BCUT2D eigenvalue weighted by atomic mass is 9.74. The van der Waals surface area contributed by atoms with Gasteiger partial charge in [-0.3, -0.25) is 4.79 Å². The summed E-state index contributed by atoms with van der Waals surface area (Å²) in [5.74, 6) is 0.0526. The van der Waals surface area contributed by atoms with Crippen LogP contribution in [0, 0.1) is 5.21 Å². The van der Waals surface area contributed by atoms with Crippen molar-refractivity contribution in [2.45, 2.75) is 24.8 Å². The van der Waals surface area contributed by atoms with E-state index in [1.165, 1.54) is 18.8 Å². The molecule has 1 aromatic rings. The maximum absolute atomic E-state index is 12.5. The normalized spacial score (nSPS) is 21.7. The molecule has 3 rings (SSSR count). The van der Waals surface area contributed by atoms with E-state index < -0.39 is 0 Å². The van der Waals surface area contributed by atoms with Crippen LogP contribution in [0.5, 0.6) is 0 Å². The summed E-state index contributed by atoms with van der Waals surface area (Å²) >= 11 is 0. The minimum absolute atomic E-state index is 0.0264. The maximum atomic E-state index is 12.5. The highest BCUT2D eigenvalue weighted by Crippen LogP contribution is 2.39. The molecule has 0 atom stereocenters. The minimum Gasteiger partial charge on any atom is -0.619 e. The summed E-state index contributed by atoms with van der Waals surface area (Å²) in [5.41, 5.74) is 0.633. The number of hydrogen-bond acceptors (Lipinski definition) is 3. The van der Waals surface area contributed by atoms with Crippen LogP contribution in [0.4, 0.5) is 0 Å². The van der Waals surface area contributed by atoms with Gasteiger partial charge < -0.3 is 15.4 Å². The van der Waals surface area contributed by atoms with Crippen molar-refractivity contribution in [3.05, 3.63) is 35.3 Å². The van der Waals surface area contributed by atoms with Crippen molar-refractivity contribution in [3.8, 4) is 0 Å². The number of carbonyl (C=O) groups excluding carboxylic acids is 1. The van der Waals surface area contributed by atoms with Crippen molar-refractivity contribution in [2.24, 2.45) is 0 Å². The Balaban J connectivity index is 1.84. The second kappa shape index (κ2) is 4.24. The highest BCUT2D eigenvalue weighted by molar-refractivity contribution is 5.94. The van der Waals surface area contributed by atoms with Gasteiger partial charge in [0.2, 0.25) is 0 Å². The average Bonchev–Trinajstić information content (AvgIpc) is 2.37. The number of carbonyl (C=O) groups is 1. The van der Waals surface area contributed by atoms with E-state index in [-0.39, 0.29) is 11.4 Å². The van der Waals surface area contributed by atoms with Crippen LogP contribution in [0.1, 0.15) is 29.6 Å². The van der Waals surface area contributed by atoms with Crippen molar-refractivity contribution >= 4 is 5.91 Å². The van der Waals surface area contributed by atoms with Gasteiger partial charge in [-0.1, -0.05) is 0 Å². The number of pyridine rings is 1. The van der Waals surface area contributed by atoms with E-state index in [9.17, 15) is 10.0 Å². The molecule has 2 fully saturated rings. The summed E-state index contributed by atoms with van der Waals surface area (Å²) in [6.07, 6.45) is 6.12. The van der Waals surface area contributed by atoms with Gasteiger partial charge in [-0.2, -0.15) is 4.73 Å². The van der Waals surface area contributed by atoms with Crippen LogP contribution < -0.4 is 10.0 Å². The lowest BCUT2D eigenvalue weighted by molar-refractivity contribution is -0.605. The Morgan fingerprint density at radius 1 is 1.39 bits per heavy atom. The molecule has 1 N–H and O–H groups in total. The fourth-order valence-electron chi connectivity index (χ4n) is 2.90. The molecule has 1 spiro atoms. The SMILES string of the molecule is O=C(c1cc[n+]([O-])cc1)N1CCNCC12CCC2. The zero-order valence-corrected chi connectivity index (χ0v) is 10.3. The van der Waals surface area contributed by atoms with E-state index in [0.717, 1.165) is 32.5 Å². The van der Waals surface area contributed by atoms with Gasteiger partial charge in [0.1, 0.15) is 0 Å². The third-order valence-corrected chi connectivity index (χ3v) is 4.12. The van der Waals surface area contributed by atoms with Crippen LogP contribution in [0.3, 0.4) is 0 Å². The number of aromatic nitrogens is 1. The predicted molar refractivity (Wildman–Crippen MR) is 65.9 cm³/mol. The molecule has 0 radical (unpaired) electrons. The monoisotopic (exact) mass is 247 g/mol. The first-order valence-electron chi connectivity index (χ1n) is 6.43. The Morgan fingerprint density at radius 3 is 2.72 bits per heavy atom. The van der Waals surface area contributed by atoms with Crippen LogP contribution in [0.2, 0.25) is 0 Å². The van der Waals surface area contributed by atoms with Gasteiger partial charge in [0.15, 0.2) is 12.4 Å². The summed E-state index contributed by atoms with van der Waals surface area (Å²) in [7, 11) is 0. The fourth-order valence-corrected chi connectivity index (χ4v) is 2.90. The van der Waals surface area contributed by atoms with E-state index >= 15 is 0 Å². The zero-order valence-electron chi connectivity index (χ0n) is 10.3. The molecule has 5 nitrogen and oxygen atoms in total. The van der Waals surface area contributed by atoms with Crippen LogP contribution >= 0.6 is 0 Å². The van der Waals surface area contributed by atoms with E-state index in [0.29, 0.717) is 10.3 Å². The summed E-state index contributed by atoms with van der Waals surface area (Å²) in [6.45, 7) is 2.50. The molecule has 2 aliphatic rings. The second-order valence-corrected chi connectivity index (χ2v) is 5.16. The van der Waals surface area contributed by atoms with Crippen LogP contribution in [-0.2, 0) is 0 Å². The van der Waals surface area contributed by atoms with Gasteiger partial charge in [0, 0.05) is 31.8 Å². The Kier molecular flexibility index (Phi) is 2.70. The van der Waals surface area contributed by atoms with E-state index in [1.807, 2.05) is 4.90 Å². The van der Waals surface area contributed by atoms with Crippen molar-refractivity contribution < 1.29 is 9.52 Å². The van der Waals surface area contributed by atoms with Crippen LogP contribution in [0.25, 0.3) is 0 Å². The Hall–Kier alpha value is -1.62. The number of piperazine rings is 1. The molecule has 1 aliphatic heterocycles. The van der Waals surface area contributed by atoms with Crippen molar-refractivity contribution in [3.63, 3.8) is 0 Å². The number of rotatable bonds is 1. The van der Waals surface area contributed by atoms with Crippen molar-refractivity contribution in [2.75, 3.05) is 19.6 Å². The molecule has 0 aromatic carbocycles. The molecule has 18 heavy (non-hydrogen) atoms. The predicted octanol–water partition coefficient (Wildman–Crippen LogP) is 0.288. The second-order valence-electron chi connectivity index (χ2n) is 5.16. The zero-order chi connectivity index (χ0) is 12.6. The third-order valence-electron chi connectivity index (χ3n) is 4.12. The molecular formula is C13H17N3O2. The van der Waals surface area contributed by atoms with Gasteiger partial charge in [0.05, 0.1) is 11.1 Å². The highest BCUT2D eigenvalue weighted by atomic mass is 16.5. The van der Waals surface area contributed by atoms with Gasteiger partial charge in [-0.05, 0) is 19.3 Å². The molecule has 2 heterocycles. The van der Waals surface area contributed by atoms with E-state index in [2.05, 4.69) is 5.32 Å².